The molecule has 2 unspecified atom stereocenters. The number of hydrogen-bond acceptors (Lipinski definition) is 4. The maximum atomic E-state index is 9.11. The number of likely N-dealkylation sites (N-methyl/N-ethyl adjacent to an activating group) is 1. The molecule has 0 aromatic carbocycles. The molecule has 4 heteroatoms. The molecule has 1 aromatic heterocycles. The topological polar surface area (TPSA) is 49.5 Å². The lowest BCUT2D eigenvalue weighted by atomic mass is 9.99. The number of nitrogens with zero attached hydrogens (tertiary/aromatic N) is 2. The Bertz CT molecular complexity index is 364. The summed E-state index contributed by atoms with van der Waals surface area (Å²) in [5, 5.41) is 9.11. The molecule has 1 N–H and O–H groups in total. The summed E-state index contributed by atoms with van der Waals surface area (Å²) in [6.07, 6.45) is 6.44. The van der Waals surface area contributed by atoms with E-state index in [0.717, 1.165) is 24.6 Å². The van der Waals surface area contributed by atoms with Gasteiger partial charge in [0.25, 0.3) is 0 Å². The highest BCUT2D eigenvalue weighted by molar-refractivity contribution is 5.04. The fourth-order valence-corrected chi connectivity index (χ4v) is 2.65. The molecule has 4 nitrogen and oxygen atoms in total. The van der Waals surface area contributed by atoms with Crippen molar-refractivity contribution < 1.29 is 9.52 Å². The van der Waals surface area contributed by atoms with Crippen LogP contribution in [0.2, 0.25) is 0 Å². The normalized spacial score (nSPS) is 23.2. The third-order valence-corrected chi connectivity index (χ3v) is 3.91. The molecule has 0 bridgehead atoms. The number of likely N-dealkylation sites (tertiary alicyclic amines) is 1. The zero-order valence-corrected chi connectivity index (χ0v) is 11.4. The lowest BCUT2D eigenvalue weighted by molar-refractivity contribution is 0.149. The van der Waals surface area contributed by atoms with Gasteiger partial charge in [-0.25, -0.2) is 4.98 Å². The van der Waals surface area contributed by atoms with Gasteiger partial charge in [0, 0.05) is 18.4 Å². The van der Waals surface area contributed by atoms with Crippen LogP contribution in [0.3, 0.4) is 0 Å². The fourth-order valence-electron chi connectivity index (χ4n) is 2.65. The zero-order valence-electron chi connectivity index (χ0n) is 11.4. The Kier molecular flexibility index (Phi) is 4.78. The van der Waals surface area contributed by atoms with Gasteiger partial charge in [0.05, 0.1) is 12.3 Å². The van der Waals surface area contributed by atoms with Crippen molar-refractivity contribution in [2.45, 2.75) is 51.5 Å². The molecule has 0 saturated carbocycles. The molecule has 2 atom stereocenters. The van der Waals surface area contributed by atoms with Gasteiger partial charge in [-0.05, 0) is 25.9 Å². The average Bonchev–Trinajstić information content (AvgIpc) is 2.87. The molecule has 2 rings (SSSR count). The van der Waals surface area contributed by atoms with E-state index in [-0.39, 0.29) is 12.5 Å². The van der Waals surface area contributed by atoms with E-state index < -0.39 is 0 Å². The minimum Gasteiger partial charge on any atom is -0.449 e. The average molecular weight is 252 g/mol. The van der Waals surface area contributed by atoms with Crippen LogP contribution in [0.5, 0.6) is 0 Å². The molecular weight excluding hydrogens is 228 g/mol. The first-order valence-electron chi connectivity index (χ1n) is 7.03. The highest BCUT2D eigenvalue weighted by Gasteiger charge is 2.23. The van der Waals surface area contributed by atoms with Crippen LogP contribution in [0.25, 0.3) is 0 Å². The first-order chi connectivity index (χ1) is 8.74. The van der Waals surface area contributed by atoms with Crippen molar-refractivity contribution in [1.82, 2.24) is 9.88 Å². The van der Waals surface area contributed by atoms with E-state index in [9.17, 15) is 0 Å². The second-order valence-corrected chi connectivity index (χ2v) is 5.23. The number of aliphatic hydroxyl groups is 1. The monoisotopic (exact) mass is 252 g/mol. The Morgan fingerprint density at radius 2 is 2.39 bits per heavy atom. The molecule has 0 amide bonds. The van der Waals surface area contributed by atoms with Gasteiger partial charge in [-0.2, -0.15) is 0 Å². The summed E-state index contributed by atoms with van der Waals surface area (Å²) in [4.78, 5) is 7.01. The molecule has 0 radical (unpaired) electrons. The molecule has 1 aliphatic rings. The van der Waals surface area contributed by atoms with Crippen LogP contribution >= 0.6 is 0 Å². The minimum absolute atomic E-state index is 0.0659. The quantitative estimate of drug-likeness (QED) is 0.872. The standard InChI is InChI=1S/C14H24N2O2/c1-3-16-7-5-4-6-12(16)8-14-15-13(10-18-14)11(2)9-17/h10-12,17H,3-9H2,1-2H3. The largest absolute Gasteiger partial charge is 0.449 e. The fraction of sp³-hybridized carbons (Fsp3) is 0.786. The minimum atomic E-state index is 0.0659. The smallest absolute Gasteiger partial charge is 0.195 e. The van der Waals surface area contributed by atoms with Gasteiger partial charge in [-0.1, -0.05) is 20.3 Å². The van der Waals surface area contributed by atoms with E-state index in [0.29, 0.717) is 6.04 Å². The van der Waals surface area contributed by atoms with E-state index in [2.05, 4.69) is 16.8 Å². The maximum Gasteiger partial charge on any atom is 0.195 e. The van der Waals surface area contributed by atoms with Crippen LogP contribution in [-0.2, 0) is 6.42 Å². The molecular formula is C14H24N2O2. The van der Waals surface area contributed by atoms with Gasteiger partial charge >= 0.3 is 0 Å². The number of rotatable bonds is 5. The van der Waals surface area contributed by atoms with Gasteiger partial charge in [0.2, 0.25) is 0 Å². The van der Waals surface area contributed by atoms with Crippen LogP contribution in [-0.4, -0.2) is 40.7 Å². The summed E-state index contributed by atoms with van der Waals surface area (Å²) in [5.74, 6) is 0.881. The van der Waals surface area contributed by atoms with Gasteiger partial charge < -0.3 is 14.4 Å². The Morgan fingerprint density at radius 3 is 3.11 bits per heavy atom. The lowest BCUT2D eigenvalue weighted by Gasteiger charge is -2.34. The molecule has 1 saturated heterocycles. The van der Waals surface area contributed by atoms with Crippen molar-refractivity contribution in [2.24, 2.45) is 0 Å². The SMILES string of the molecule is CCN1CCCCC1Cc1nc(C(C)CO)co1. The van der Waals surface area contributed by atoms with Gasteiger partial charge in [0.15, 0.2) is 5.89 Å². The van der Waals surface area contributed by atoms with E-state index in [1.807, 2.05) is 6.92 Å². The first-order valence-corrected chi connectivity index (χ1v) is 7.03. The molecule has 0 aliphatic carbocycles. The van der Waals surface area contributed by atoms with Crippen LogP contribution in [0, 0.1) is 0 Å². The zero-order chi connectivity index (χ0) is 13.0. The van der Waals surface area contributed by atoms with E-state index in [4.69, 9.17) is 9.52 Å². The van der Waals surface area contributed by atoms with Crippen molar-refractivity contribution in [1.29, 1.82) is 0 Å². The van der Waals surface area contributed by atoms with Gasteiger partial charge in [-0.3, -0.25) is 0 Å². The van der Waals surface area contributed by atoms with Crippen molar-refractivity contribution in [2.75, 3.05) is 19.7 Å². The van der Waals surface area contributed by atoms with Crippen molar-refractivity contribution in [3.05, 3.63) is 17.8 Å². The highest BCUT2D eigenvalue weighted by atomic mass is 16.3. The van der Waals surface area contributed by atoms with E-state index in [1.165, 1.54) is 25.8 Å². The maximum absolute atomic E-state index is 9.11. The molecule has 2 heterocycles. The summed E-state index contributed by atoms with van der Waals surface area (Å²) in [6.45, 7) is 6.59. The van der Waals surface area contributed by atoms with Gasteiger partial charge in [-0.15, -0.1) is 0 Å². The molecule has 102 valence electrons. The highest BCUT2D eigenvalue weighted by Crippen LogP contribution is 2.21. The van der Waals surface area contributed by atoms with Gasteiger partial charge in [0.1, 0.15) is 6.26 Å². The summed E-state index contributed by atoms with van der Waals surface area (Å²) in [6, 6.07) is 0.569. The van der Waals surface area contributed by atoms with E-state index >= 15 is 0 Å². The van der Waals surface area contributed by atoms with E-state index in [1.54, 1.807) is 6.26 Å². The Balaban J connectivity index is 1.97. The number of hydrogen-bond donors (Lipinski definition) is 1. The van der Waals surface area contributed by atoms with Crippen LogP contribution in [0.1, 0.15) is 50.6 Å². The summed E-state index contributed by atoms with van der Waals surface area (Å²) >= 11 is 0. The van der Waals surface area contributed by atoms with Crippen molar-refractivity contribution in [3.8, 4) is 0 Å². The molecule has 1 fully saturated rings. The predicted molar refractivity (Wildman–Crippen MR) is 70.6 cm³/mol. The van der Waals surface area contributed by atoms with Crippen molar-refractivity contribution >= 4 is 0 Å². The Morgan fingerprint density at radius 1 is 1.56 bits per heavy atom. The lowest BCUT2D eigenvalue weighted by Crippen LogP contribution is -2.40. The number of aromatic nitrogens is 1. The number of aliphatic hydroxyl groups excluding tert-OH is 1. The second-order valence-electron chi connectivity index (χ2n) is 5.23. The third-order valence-electron chi connectivity index (χ3n) is 3.91. The molecule has 1 aromatic rings. The van der Waals surface area contributed by atoms with Crippen molar-refractivity contribution in [3.63, 3.8) is 0 Å². The second kappa shape index (κ2) is 6.34. The van der Waals surface area contributed by atoms with Crippen LogP contribution in [0.15, 0.2) is 10.7 Å². The number of piperidine rings is 1. The first kappa shape index (κ1) is 13.6. The van der Waals surface area contributed by atoms with Crippen LogP contribution < -0.4 is 0 Å². The Labute approximate surface area is 109 Å². The third kappa shape index (κ3) is 3.12. The van der Waals surface area contributed by atoms with Crippen LogP contribution in [0.4, 0.5) is 0 Å². The summed E-state index contributed by atoms with van der Waals surface area (Å²) in [5.41, 5.74) is 0.867. The Hall–Kier alpha value is -0.870. The summed E-state index contributed by atoms with van der Waals surface area (Å²) in [7, 11) is 0. The summed E-state index contributed by atoms with van der Waals surface area (Å²) < 4.78 is 5.53. The number of oxazole rings is 1. The molecule has 1 aliphatic heterocycles. The molecule has 18 heavy (non-hydrogen) atoms. The predicted octanol–water partition coefficient (Wildman–Crippen LogP) is 2.19. The molecule has 0 spiro atoms.